The molecule has 6 amide bonds. The zero-order chi connectivity index (χ0) is 50.4. The van der Waals surface area contributed by atoms with Gasteiger partial charge in [-0.15, -0.1) is 0 Å². The van der Waals surface area contributed by atoms with Crippen molar-refractivity contribution in [3.63, 3.8) is 0 Å². The number of piperidine rings is 2. The van der Waals surface area contributed by atoms with E-state index in [2.05, 4.69) is 15.5 Å². The fraction of sp³-hybridized carbons (Fsp3) is 0.386. The van der Waals surface area contributed by atoms with Gasteiger partial charge in [-0.05, 0) is 61.1 Å². The number of nitrogens with zero attached hydrogens (tertiary/aromatic N) is 6. The molecule has 0 bridgehead atoms. The number of imide groups is 2. The molecule has 0 radical (unpaired) electrons. The minimum Gasteiger partial charge on any atom is -0.372 e. The summed E-state index contributed by atoms with van der Waals surface area (Å²) in [6.45, 7) is -13.6. The van der Waals surface area contributed by atoms with Crippen molar-refractivity contribution in [3.8, 4) is 0 Å². The van der Waals surface area contributed by atoms with Crippen LogP contribution in [0.5, 0.6) is 0 Å². The maximum Gasteiger partial charge on any atom is 0.265 e. The highest BCUT2D eigenvalue weighted by molar-refractivity contribution is 6.24. The molecule has 0 aliphatic carbocycles. The number of H-pyrrole nitrogens is 1. The van der Waals surface area contributed by atoms with E-state index in [-0.39, 0.29) is 42.6 Å². The number of aromatic nitrogens is 2. The highest BCUT2D eigenvalue weighted by Crippen LogP contribution is 2.36. The maximum absolute atomic E-state index is 16.1. The number of carbonyl (C=O) groups is 6. The summed E-state index contributed by atoms with van der Waals surface area (Å²) in [5.74, 6) is -9.55. The number of hydrogen-bond donors (Lipinski definition) is 3. The van der Waals surface area contributed by atoms with Crippen LogP contribution in [-0.2, 0) is 32.2 Å². The number of amides is 6. The average molecular weight is 858 g/mol. The van der Waals surface area contributed by atoms with Gasteiger partial charge < -0.3 is 24.8 Å². The van der Waals surface area contributed by atoms with Crippen molar-refractivity contribution in [2.24, 2.45) is 5.92 Å². The summed E-state index contributed by atoms with van der Waals surface area (Å²) in [5.41, 5.74) is -0.328. The lowest BCUT2D eigenvalue weighted by Gasteiger charge is -2.40. The normalized spacial score (nSPS) is 25.2. The molecule has 5 aliphatic rings. The predicted octanol–water partition coefficient (Wildman–Crippen LogP) is 3.61. The fourth-order valence-electron chi connectivity index (χ4n) is 8.40. The molecule has 5 aliphatic heterocycles. The number of anilines is 3. The summed E-state index contributed by atoms with van der Waals surface area (Å²) < 4.78 is 109. The number of halogens is 2. The second kappa shape index (κ2) is 16.7. The van der Waals surface area contributed by atoms with Crippen LogP contribution < -0.4 is 20.4 Å². The van der Waals surface area contributed by atoms with Crippen molar-refractivity contribution in [2.45, 2.75) is 50.9 Å². The lowest BCUT2D eigenvalue weighted by molar-refractivity contribution is -0.143. The summed E-state index contributed by atoms with van der Waals surface area (Å²) in [4.78, 5) is 82.0. The molecule has 3 saturated heterocycles. The summed E-state index contributed by atoms with van der Waals surface area (Å²) in [5, 5.41) is 11.9. The highest BCUT2D eigenvalue weighted by atomic mass is 19.2. The van der Waals surface area contributed by atoms with Gasteiger partial charge in [-0.1, -0.05) is 30.3 Å². The third-order valence-electron chi connectivity index (χ3n) is 11.7. The number of methoxy groups -OCH3 is 1. The SMILES string of the molecule is [2H]C1([2H])N(CC2CCN(c3ccc(C(=O)Nc4n[nH]c5c4CN(C(=O)[C@H](OC)c4ccccc4)C5)cc3)CC2)C([2H])([2H])C([2H])([2H])N(c2cc3c(c(F)c2F)C(=O)N(C2CCC(=O)NC2=O)C3=O)C1([2H])[2H]. The molecule has 6 heterocycles. The molecule has 3 N–H and O–H groups in total. The van der Waals surface area contributed by atoms with Crippen molar-refractivity contribution < 1.29 is 53.3 Å². The number of piperazine rings is 1. The van der Waals surface area contributed by atoms with Gasteiger partial charge in [0.1, 0.15) is 6.04 Å². The zero-order valence-corrected chi connectivity index (χ0v) is 33.2. The van der Waals surface area contributed by atoms with E-state index in [0.29, 0.717) is 64.2 Å². The van der Waals surface area contributed by atoms with Crippen LogP contribution >= 0.6 is 0 Å². The molecule has 16 nitrogen and oxygen atoms in total. The van der Waals surface area contributed by atoms with E-state index >= 15 is 8.78 Å². The van der Waals surface area contributed by atoms with Crippen LogP contribution in [0.1, 0.15) is 90.6 Å². The standard InChI is InChI=1S/C44H45F2N9O7/c1-62-38(26-5-3-2-4-6-26)44(61)54-23-30-31(24-54)49-50-39(30)48-40(57)27-7-9-28(10-8-27)52-15-13-25(14-16-52)22-51-17-19-53(20-18-51)33-21-29-35(37(46)36(33)45)43(60)55(42(29)59)32-11-12-34(56)47-41(32)58/h2-10,21,25,32,38H,11-20,22-24H2,1H3,(H,47,56,58)(H2,48,49,50,57)/t32?,38-/m1/s1/i17D2,18D2,19D2,20D2. The van der Waals surface area contributed by atoms with Crippen molar-refractivity contribution >= 4 is 52.6 Å². The van der Waals surface area contributed by atoms with Gasteiger partial charge in [-0.25, -0.2) is 8.78 Å². The Labute approximate surface area is 366 Å². The average Bonchev–Trinajstić information content (AvgIpc) is 3.99. The summed E-state index contributed by atoms with van der Waals surface area (Å²) in [7, 11) is 1.46. The Morgan fingerprint density at radius 1 is 0.919 bits per heavy atom. The van der Waals surface area contributed by atoms with Gasteiger partial charge in [0.2, 0.25) is 11.8 Å². The first-order valence-corrected chi connectivity index (χ1v) is 19.9. The summed E-state index contributed by atoms with van der Waals surface area (Å²) in [6, 6.07) is 14.6. The summed E-state index contributed by atoms with van der Waals surface area (Å²) in [6.07, 6.45) is -0.800. The monoisotopic (exact) mass is 857 g/mol. The van der Waals surface area contributed by atoms with E-state index in [1.807, 2.05) is 40.5 Å². The Morgan fingerprint density at radius 3 is 2.34 bits per heavy atom. The number of hydrogen-bond acceptors (Lipinski definition) is 11. The number of fused-ring (bicyclic) bond motifs is 2. The summed E-state index contributed by atoms with van der Waals surface area (Å²) >= 11 is 0. The van der Waals surface area contributed by atoms with E-state index in [4.69, 9.17) is 15.7 Å². The van der Waals surface area contributed by atoms with Gasteiger partial charge in [0.05, 0.1) is 41.1 Å². The van der Waals surface area contributed by atoms with E-state index in [9.17, 15) is 28.8 Å². The van der Waals surface area contributed by atoms with Crippen LogP contribution in [0.25, 0.3) is 0 Å². The second-order valence-corrected chi connectivity index (χ2v) is 15.5. The van der Waals surface area contributed by atoms with Crippen molar-refractivity contribution in [3.05, 3.63) is 106 Å². The highest BCUT2D eigenvalue weighted by Gasteiger charge is 2.47. The Bertz CT molecular complexity index is 2800. The Hall–Kier alpha value is -6.53. The van der Waals surface area contributed by atoms with Crippen LogP contribution in [0.4, 0.5) is 26.0 Å². The molecule has 1 aromatic heterocycles. The minimum absolute atomic E-state index is 0.201. The largest absolute Gasteiger partial charge is 0.372 e. The third kappa shape index (κ3) is 7.57. The van der Waals surface area contributed by atoms with Gasteiger partial charge in [-0.3, -0.25) is 49.0 Å². The Balaban J connectivity index is 0.850. The minimum atomic E-state index is -3.67. The van der Waals surface area contributed by atoms with Gasteiger partial charge in [0.25, 0.3) is 23.6 Å². The van der Waals surface area contributed by atoms with E-state index < -0.39 is 109 Å². The first-order chi connectivity index (χ1) is 33.0. The topological polar surface area (TPSA) is 181 Å². The van der Waals surface area contributed by atoms with Crippen LogP contribution in [0.15, 0.2) is 60.7 Å². The van der Waals surface area contributed by atoms with Crippen molar-refractivity contribution in [2.75, 3.05) is 67.8 Å². The first-order valence-electron chi connectivity index (χ1n) is 23.9. The molecule has 2 atom stereocenters. The van der Waals surface area contributed by atoms with E-state index in [1.54, 1.807) is 29.2 Å². The lowest BCUT2D eigenvalue weighted by Crippen LogP contribution is -2.54. The number of benzene rings is 3. The molecular formula is C44H45F2N9O7. The van der Waals surface area contributed by atoms with Crippen molar-refractivity contribution in [1.82, 2.24) is 30.2 Å². The molecule has 4 aromatic rings. The Morgan fingerprint density at radius 2 is 1.65 bits per heavy atom. The quantitative estimate of drug-likeness (QED) is 0.199. The zero-order valence-electron chi connectivity index (χ0n) is 41.2. The Kier molecular flexibility index (Phi) is 8.70. The van der Waals surface area contributed by atoms with E-state index in [0.717, 1.165) is 5.69 Å². The molecule has 1 unspecified atom stereocenters. The predicted molar refractivity (Wildman–Crippen MR) is 220 cm³/mol. The molecule has 18 heteroatoms. The molecule has 3 aromatic carbocycles. The third-order valence-corrected chi connectivity index (χ3v) is 11.7. The van der Waals surface area contributed by atoms with Gasteiger partial charge in [-0.2, -0.15) is 5.10 Å². The lowest BCUT2D eigenvalue weighted by atomic mass is 9.95. The van der Waals surface area contributed by atoms with Crippen LogP contribution in [0.2, 0.25) is 0 Å². The molecule has 322 valence electrons. The van der Waals surface area contributed by atoms with Crippen LogP contribution in [0.3, 0.4) is 0 Å². The molecule has 0 saturated carbocycles. The molecule has 9 rings (SSSR count). The van der Waals surface area contributed by atoms with Gasteiger partial charge in [0, 0.05) is 81.4 Å². The number of ether oxygens (including phenoxy) is 1. The smallest absolute Gasteiger partial charge is 0.265 e. The molecule has 3 fully saturated rings. The number of rotatable bonds is 10. The van der Waals surface area contributed by atoms with Gasteiger partial charge >= 0.3 is 0 Å². The van der Waals surface area contributed by atoms with Crippen molar-refractivity contribution in [1.29, 1.82) is 0 Å². The second-order valence-electron chi connectivity index (χ2n) is 15.5. The van der Waals surface area contributed by atoms with E-state index in [1.165, 1.54) is 7.11 Å². The first kappa shape index (κ1) is 32.2. The van der Waals surface area contributed by atoms with Gasteiger partial charge in [0.15, 0.2) is 23.6 Å². The van der Waals surface area contributed by atoms with Crippen LogP contribution in [0, 0.1) is 17.6 Å². The maximum atomic E-state index is 16.1. The molecule has 0 spiro atoms. The molecule has 62 heavy (non-hydrogen) atoms. The fourth-order valence-corrected chi connectivity index (χ4v) is 8.40. The molecular weight excluding hydrogens is 805 g/mol. The number of carbonyl (C=O) groups excluding carboxylic acids is 6. The van der Waals surface area contributed by atoms with Crippen LogP contribution in [-0.4, -0.2) is 119 Å². The number of nitrogens with one attached hydrogen (secondary N) is 3. The number of aromatic amines is 1.